The Balaban J connectivity index is 2.67. The molecule has 0 bridgehead atoms. The van der Waals surface area contributed by atoms with Crippen molar-refractivity contribution in [1.82, 2.24) is 10.6 Å². The molecule has 2 amide bonds. The minimum Gasteiger partial charge on any atom is -0.350 e. The summed E-state index contributed by atoms with van der Waals surface area (Å²) in [7, 11) is 0. The number of carbonyl (C=O) groups excluding carboxylic acids is 2. The molecule has 120 valence electrons. The summed E-state index contributed by atoms with van der Waals surface area (Å²) in [4.78, 5) is 23.9. The molecule has 22 heavy (non-hydrogen) atoms. The fraction of sp³-hybridized carbons (Fsp3) is 0.444. The summed E-state index contributed by atoms with van der Waals surface area (Å²) in [5.74, 6) is -0.152. The number of rotatable bonds is 7. The third-order valence-electron chi connectivity index (χ3n) is 3.50. The lowest BCUT2D eigenvalue weighted by atomic mass is 10.1. The van der Waals surface area contributed by atoms with E-state index in [4.69, 9.17) is 0 Å². The third-order valence-corrected chi connectivity index (χ3v) is 3.50. The lowest BCUT2D eigenvalue weighted by Crippen LogP contribution is -2.32. The molecule has 0 aliphatic carbocycles. The molecule has 0 fully saturated rings. The molecular formula is C18H26N2O2. The Morgan fingerprint density at radius 3 is 2.64 bits per heavy atom. The van der Waals surface area contributed by atoms with Crippen molar-refractivity contribution in [2.45, 2.75) is 53.1 Å². The predicted octanol–water partition coefficient (Wildman–Crippen LogP) is 3.19. The van der Waals surface area contributed by atoms with E-state index in [1.165, 1.54) is 0 Å². The lowest BCUT2D eigenvalue weighted by Gasteiger charge is -2.12. The van der Waals surface area contributed by atoms with Gasteiger partial charge in [0, 0.05) is 23.7 Å². The molecule has 1 rings (SSSR count). The van der Waals surface area contributed by atoms with Crippen LogP contribution in [-0.2, 0) is 11.3 Å². The van der Waals surface area contributed by atoms with E-state index in [1.807, 2.05) is 45.0 Å². The Kier molecular flexibility index (Phi) is 7.37. The molecule has 0 aromatic heterocycles. The van der Waals surface area contributed by atoms with Gasteiger partial charge in [0.2, 0.25) is 5.91 Å². The normalized spacial score (nSPS) is 12.6. The van der Waals surface area contributed by atoms with E-state index >= 15 is 0 Å². The number of allylic oxidation sites excluding steroid dienone is 1. The fourth-order valence-electron chi connectivity index (χ4n) is 1.95. The van der Waals surface area contributed by atoms with E-state index < -0.39 is 0 Å². The number of nitrogens with one attached hydrogen (secondary N) is 2. The Labute approximate surface area is 133 Å². The van der Waals surface area contributed by atoms with Gasteiger partial charge in [-0.15, -0.1) is 0 Å². The summed E-state index contributed by atoms with van der Waals surface area (Å²) < 4.78 is 0. The first-order chi connectivity index (χ1) is 10.5. The van der Waals surface area contributed by atoms with Gasteiger partial charge in [-0.3, -0.25) is 9.59 Å². The van der Waals surface area contributed by atoms with Crippen LogP contribution in [0.3, 0.4) is 0 Å². The fourth-order valence-corrected chi connectivity index (χ4v) is 1.95. The highest BCUT2D eigenvalue weighted by Crippen LogP contribution is 2.07. The third kappa shape index (κ3) is 5.72. The first kappa shape index (κ1) is 18.0. The number of hydrogen-bond acceptors (Lipinski definition) is 2. The summed E-state index contributed by atoms with van der Waals surface area (Å²) in [6.45, 7) is 8.22. The molecule has 0 heterocycles. The molecule has 0 radical (unpaired) electrons. The van der Waals surface area contributed by atoms with Crippen LogP contribution in [0.5, 0.6) is 0 Å². The first-order valence-electron chi connectivity index (χ1n) is 7.82. The Bertz CT molecular complexity index is 550. The summed E-state index contributed by atoms with van der Waals surface area (Å²) in [6, 6.07) is 7.49. The van der Waals surface area contributed by atoms with Crippen molar-refractivity contribution in [1.29, 1.82) is 0 Å². The van der Waals surface area contributed by atoms with Gasteiger partial charge < -0.3 is 10.6 Å². The molecule has 1 aromatic rings. The Morgan fingerprint density at radius 1 is 1.27 bits per heavy atom. The number of amides is 2. The Hall–Kier alpha value is -2.10. The van der Waals surface area contributed by atoms with Crippen LogP contribution in [0.1, 0.15) is 56.5 Å². The summed E-state index contributed by atoms with van der Waals surface area (Å²) in [5, 5.41) is 5.80. The summed E-state index contributed by atoms with van der Waals surface area (Å²) >= 11 is 0. The minimum atomic E-state index is -0.0791. The molecule has 1 atom stereocenters. The molecule has 2 N–H and O–H groups in total. The molecule has 0 spiro atoms. The largest absolute Gasteiger partial charge is 0.350 e. The SMILES string of the molecule is CCC=C(C)C(=O)NCc1cccc(C(=O)NC(C)CC)c1. The molecular weight excluding hydrogens is 276 g/mol. The maximum Gasteiger partial charge on any atom is 0.251 e. The molecule has 1 unspecified atom stereocenters. The zero-order chi connectivity index (χ0) is 16.5. The maximum absolute atomic E-state index is 12.1. The molecule has 0 aliphatic heterocycles. The van der Waals surface area contributed by atoms with Crippen molar-refractivity contribution in [3.63, 3.8) is 0 Å². The van der Waals surface area contributed by atoms with Crippen molar-refractivity contribution in [3.05, 3.63) is 47.0 Å². The zero-order valence-electron chi connectivity index (χ0n) is 13.9. The lowest BCUT2D eigenvalue weighted by molar-refractivity contribution is -0.117. The van der Waals surface area contributed by atoms with Gasteiger partial charge in [0.15, 0.2) is 0 Å². The molecule has 1 aromatic carbocycles. The van der Waals surface area contributed by atoms with E-state index in [-0.39, 0.29) is 17.9 Å². The van der Waals surface area contributed by atoms with Crippen molar-refractivity contribution in [3.8, 4) is 0 Å². The van der Waals surface area contributed by atoms with E-state index in [0.29, 0.717) is 17.7 Å². The van der Waals surface area contributed by atoms with Crippen molar-refractivity contribution in [2.24, 2.45) is 0 Å². The van der Waals surface area contributed by atoms with Crippen LogP contribution in [0.25, 0.3) is 0 Å². The van der Waals surface area contributed by atoms with Crippen LogP contribution in [0.4, 0.5) is 0 Å². The number of carbonyl (C=O) groups is 2. The zero-order valence-corrected chi connectivity index (χ0v) is 13.9. The van der Waals surface area contributed by atoms with Gasteiger partial charge in [0.05, 0.1) is 0 Å². The van der Waals surface area contributed by atoms with Crippen molar-refractivity contribution < 1.29 is 9.59 Å². The van der Waals surface area contributed by atoms with Gasteiger partial charge in [-0.2, -0.15) is 0 Å². The van der Waals surface area contributed by atoms with Crippen LogP contribution in [0.2, 0.25) is 0 Å². The Morgan fingerprint density at radius 2 is 2.00 bits per heavy atom. The van der Waals surface area contributed by atoms with Gasteiger partial charge in [-0.05, 0) is 44.4 Å². The molecule has 4 heteroatoms. The highest BCUT2D eigenvalue weighted by molar-refractivity contribution is 5.94. The molecule has 0 aliphatic rings. The van der Waals surface area contributed by atoms with Crippen LogP contribution in [-0.4, -0.2) is 17.9 Å². The van der Waals surface area contributed by atoms with Crippen molar-refractivity contribution >= 4 is 11.8 Å². The van der Waals surface area contributed by atoms with E-state index in [2.05, 4.69) is 10.6 Å². The van der Waals surface area contributed by atoms with Gasteiger partial charge in [-0.25, -0.2) is 0 Å². The van der Waals surface area contributed by atoms with Gasteiger partial charge in [0.1, 0.15) is 0 Å². The second kappa shape index (κ2) is 9.03. The minimum absolute atomic E-state index is 0.0729. The average Bonchev–Trinajstić information content (AvgIpc) is 2.52. The van der Waals surface area contributed by atoms with Crippen LogP contribution < -0.4 is 10.6 Å². The quantitative estimate of drug-likeness (QED) is 0.760. The molecule has 0 saturated carbocycles. The molecule has 0 saturated heterocycles. The molecule has 4 nitrogen and oxygen atoms in total. The highest BCUT2D eigenvalue weighted by Gasteiger charge is 2.09. The van der Waals surface area contributed by atoms with Crippen LogP contribution in [0.15, 0.2) is 35.9 Å². The highest BCUT2D eigenvalue weighted by atomic mass is 16.2. The topological polar surface area (TPSA) is 58.2 Å². The second-order valence-electron chi connectivity index (χ2n) is 5.46. The predicted molar refractivity (Wildman–Crippen MR) is 89.6 cm³/mol. The van der Waals surface area contributed by atoms with E-state index in [0.717, 1.165) is 18.4 Å². The number of hydrogen-bond donors (Lipinski definition) is 2. The summed E-state index contributed by atoms with van der Waals surface area (Å²) in [5.41, 5.74) is 2.25. The summed E-state index contributed by atoms with van der Waals surface area (Å²) in [6.07, 6.45) is 3.63. The standard InChI is InChI=1S/C18H26N2O2/c1-5-8-13(3)17(21)19-12-15-9-7-10-16(11-15)18(22)20-14(4)6-2/h7-11,14H,5-6,12H2,1-4H3,(H,19,21)(H,20,22). The van der Waals surface area contributed by atoms with Crippen molar-refractivity contribution in [2.75, 3.05) is 0 Å². The average molecular weight is 302 g/mol. The van der Waals surface area contributed by atoms with Crippen LogP contribution in [0, 0.1) is 0 Å². The second-order valence-corrected chi connectivity index (χ2v) is 5.46. The van der Waals surface area contributed by atoms with Gasteiger partial charge >= 0.3 is 0 Å². The number of benzene rings is 1. The maximum atomic E-state index is 12.1. The van der Waals surface area contributed by atoms with E-state index in [1.54, 1.807) is 13.0 Å². The monoisotopic (exact) mass is 302 g/mol. The van der Waals surface area contributed by atoms with Crippen LogP contribution >= 0.6 is 0 Å². The van der Waals surface area contributed by atoms with Gasteiger partial charge in [0.25, 0.3) is 5.91 Å². The first-order valence-corrected chi connectivity index (χ1v) is 7.82. The van der Waals surface area contributed by atoms with Gasteiger partial charge in [-0.1, -0.05) is 32.1 Å². The van der Waals surface area contributed by atoms with E-state index in [9.17, 15) is 9.59 Å². The smallest absolute Gasteiger partial charge is 0.251 e.